The van der Waals surface area contributed by atoms with Crippen molar-refractivity contribution < 1.29 is 9.26 Å². The Balaban J connectivity index is 1.78. The van der Waals surface area contributed by atoms with Crippen LogP contribution < -0.4 is 5.32 Å². The molecule has 3 heterocycles. The molecule has 2 unspecified atom stereocenters. The van der Waals surface area contributed by atoms with Gasteiger partial charge in [0.2, 0.25) is 11.7 Å². The first-order valence-corrected chi connectivity index (χ1v) is 5.87. The minimum absolute atomic E-state index is 0.0815. The third-order valence-electron chi connectivity index (χ3n) is 3.10. The molecule has 18 heavy (non-hydrogen) atoms. The Labute approximate surface area is 104 Å². The fraction of sp³-hybridized carbons (Fsp3) is 0.417. The summed E-state index contributed by atoms with van der Waals surface area (Å²) in [5.74, 6) is 1.21. The first-order valence-electron chi connectivity index (χ1n) is 5.87. The Morgan fingerprint density at radius 2 is 2.22 bits per heavy atom. The van der Waals surface area contributed by atoms with Crippen LogP contribution in [-0.2, 0) is 4.74 Å². The summed E-state index contributed by atoms with van der Waals surface area (Å²) >= 11 is 0. The van der Waals surface area contributed by atoms with Gasteiger partial charge in [0.1, 0.15) is 0 Å². The van der Waals surface area contributed by atoms with Crippen LogP contribution in [-0.4, -0.2) is 34.9 Å². The Morgan fingerprint density at radius 3 is 2.94 bits per heavy atom. The fourth-order valence-electron chi connectivity index (χ4n) is 2.07. The number of aromatic nitrogens is 3. The summed E-state index contributed by atoms with van der Waals surface area (Å²) in [5.41, 5.74) is 0.904. The van der Waals surface area contributed by atoms with Crippen LogP contribution in [0.1, 0.15) is 18.4 Å². The minimum Gasteiger partial charge on any atom is -0.380 e. The monoisotopic (exact) mass is 246 g/mol. The molecule has 2 atom stereocenters. The molecule has 1 saturated heterocycles. The van der Waals surface area contributed by atoms with Gasteiger partial charge in [0.25, 0.3) is 0 Å². The van der Waals surface area contributed by atoms with Gasteiger partial charge < -0.3 is 14.6 Å². The molecule has 3 rings (SSSR count). The highest BCUT2D eigenvalue weighted by Crippen LogP contribution is 2.25. The van der Waals surface area contributed by atoms with Gasteiger partial charge in [-0.25, -0.2) is 0 Å². The SMILES string of the molecule is COC1CNC(c2nc(-c3ccncc3)no2)C1. The average Bonchev–Trinajstić information content (AvgIpc) is 3.08. The topological polar surface area (TPSA) is 73.1 Å². The molecular formula is C12H14N4O2. The van der Waals surface area contributed by atoms with Crippen molar-refractivity contribution >= 4 is 0 Å². The van der Waals surface area contributed by atoms with Gasteiger partial charge in [0, 0.05) is 31.6 Å². The predicted octanol–water partition coefficient (Wildman–Crippen LogP) is 1.18. The number of nitrogens with one attached hydrogen (secondary N) is 1. The van der Waals surface area contributed by atoms with Crippen LogP contribution in [0.5, 0.6) is 0 Å². The van der Waals surface area contributed by atoms with E-state index in [9.17, 15) is 0 Å². The van der Waals surface area contributed by atoms with Crippen LogP contribution in [0, 0.1) is 0 Å². The number of ether oxygens (including phenoxy) is 1. The third-order valence-corrected chi connectivity index (χ3v) is 3.10. The molecule has 1 fully saturated rings. The largest absolute Gasteiger partial charge is 0.380 e. The number of nitrogens with zero attached hydrogens (tertiary/aromatic N) is 3. The van der Waals surface area contributed by atoms with Gasteiger partial charge in [0.05, 0.1) is 12.1 Å². The molecule has 6 heteroatoms. The van der Waals surface area contributed by atoms with E-state index in [0.29, 0.717) is 11.7 Å². The maximum absolute atomic E-state index is 5.30. The summed E-state index contributed by atoms with van der Waals surface area (Å²) < 4.78 is 10.6. The fourth-order valence-corrected chi connectivity index (χ4v) is 2.07. The van der Waals surface area contributed by atoms with E-state index in [1.807, 2.05) is 12.1 Å². The molecule has 0 aliphatic carbocycles. The molecule has 1 N–H and O–H groups in total. The Bertz CT molecular complexity index is 514. The molecule has 0 spiro atoms. The molecule has 1 aliphatic rings. The van der Waals surface area contributed by atoms with Crippen LogP contribution in [0.2, 0.25) is 0 Å². The number of hydrogen-bond donors (Lipinski definition) is 1. The maximum atomic E-state index is 5.30. The van der Waals surface area contributed by atoms with Gasteiger partial charge >= 0.3 is 0 Å². The number of rotatable bonds is 3. The first kappa shape index (κ1) is 11.3. The summed E-state index contributed by atoms with van der Waals surface area (Å²) in [6, 6.07) is 3.79. The second-order valence-corrected chi connectivity index (χ2v) is 4.25. The number of pyridine rings is 1. The van der Waals surface area contributed by atoms with Crippen molar-refractivity contribution in [3.8, 4) is 11.4 Å². The highest BCUT2D eigenvalue weighted by Gasteiger charge is 2.29. The zero-order valence-corrected chi connectivity index (χ0v) is 10.0. The summed E-state index contributed by atoms with van der Waals surface area (Å²) in [6.45, 7) is 0.814. The van der Waals surface area contributed by atoms with E-state index in [4.69, 9.17) is 9.26 Å². The lowest BCUT2D eigenvalue weighted by atomic mass is 10.2. The second kappa shape index (κ2) is 4.83. The predicted molar refractivity (Wildman–Crippen MR) is 63.7 cm³/mol. The van der Waals surface area contributed by atoms with Crippen molar-refractivity contribution in [3.05, 3.63) is 30.4 Å². The molecule has 6 nitrogen and oxygen atoms in total. The van der Waals surface area contributed by atoms with Crippen LogP contribution in [0.3, 0.4) is 0 Å². The minimum atomic E-state index is 0.0815. The van der Waals surface area contributed by atoms with E-state index in [2.05, 4.69) is 20.4 Å². The maximum Gasteiger partial charge on any atom is 0.244 e. The van der Waals surface area contributed by atoms with Gasteiger partial charge in [-0.1, -0.05) is 5.16 Å². The summed E-state index contributed by atoms with van der Waals surface area (Å²) in [5, 5.41) is 7.29. The Hall–Kier alpha value is -1.79. The molecule has 1 aliphatic heterocycles. The lowest BCUT2D eigenvalue weighted by Crippen LogP contribution is -2.16. The Kier molecular flexibility index (Phi) is 3.04. The van der Waals surface area contributed by atoms with Crippen molar-refractivity contribution in [2.24, 2.45) is 0 Å². The quantitative estimate of drug-likeness (QED) is 0.876. The van der Waals surface area contributed by atoms with Crippen molar-refractivity contribution in [2.45, 2.75) is 18.6 Å². The smallest absolute Gasteiger partial charge is 0.244 e. The van der Waals surface area contributed by atoms with Crippen molar-refractivity contribution in [3.63, 3.8) is 0 Å². The van der Waals surface area contributed by atoms with E-state index >= 15 is 0 Å². The summed E-state index contributed by atoms with van der Waals surface area (Å²) in [7, 11) is 1.71. The standard InChI is InChI=1S/C12H14N4O2/c1-17-9-6-10(14-7-9)12-15-11(16-18-12)8-2-4-13-5-3-8/h2-5,9-10,14H,6-7H2,1H3. The Morgan fingerprint density at radius 1 is 1.39 bits per heavy atom. The molecule has 2 aromatic rings. The van der Waals surface area contributed by atoms with Gasteiger partial charge in [-0.05, 0) is 18.6 Å². The first-order chi connectivity index (χ1) is 8.86. The van der Waals surface area contributed by atoms with Crippen molar-refractivity contribution in [2.75, 3.05) is 13.7 Å². The molecule has 2 aromatic heterocycles. The summed E-state index contributed by atoms with van der Waals surface area (Å²) in [4.78, 5) is 8.37. The number of methoxy groups -OCH3 is 1. The zero-order chi connectivity index (χ0) is 12.4. The van der Waals surface area contributed by atoms with E-state index < -0.39 is 0 Å². The van der Waals surface area contributed by atoms with Crippen LogP contribution in [0.4, 0.5) is 0 Å². The second-order valence-electron chi connectivity index (χ2n) is 4.25. The van der Waals surface area contributed by atoms with Gasteiger partial charge in [-0.3, -0.25) is 4.98 Å². The summed E-state index contributed by atoms with van der Waals surface area (Å²) in [6.07, 6.45) is 4.49. The molecule has 0 saturated carbocycles. The highest BCUT2D eigenvalue weighted by molar-refractivity contribution is 5.52. The molecule has 94 valence electrons. The molecule has 0 radical (unpaired) electrons. The van der Waals surface area contributed by atoms with Crippen LogP contribution in [0.15, 0.2) is 29.0 Å². The third kappa shape index (κ3) is 2.12. The zero-order valence-electron chi connectivity index (χ0n) is 10.0. The van der Waals surface area contributed by atoms with Crippen molar-refractivity contribution in [1.82, 2.24) is 20.4 Å². The molecule has 0 aromatic carbocycles. The van der Waals surface area contributed by atoms with E-state index in [0.717, 1.165) is 18.5 Å². The molecule has 0 amide bonds. The van der Waals surface area contributed by atoms with Gasteiger partial charge in [-0.2, -0.15) is 4.98 Å². The van der Waals surface area contributed by atoms with E-state index in [-0.39, 0.29) is 12.1 Å². The lowest BCUT2D eigenvalue weighted by Gasteiger charge is -2.04. The highest BCUT2D eigenvalue weighted by atomic mass is 16.5. The molecular weight excluding hydrogens is 232 g/mol. The number of hydrogen-bond acceptors (Lipinski definition) is 6. The average molecular weight is 246 g/mol. The van der Waals surface area contributed by atoms with Crippen molar-refractivity contribution in [1.29, 1.82) is 0 Å². The van der Waals surface area contributed by atoms with Gasteiger partial charge in [-0.15, -0.1) is 0 Å². The van der Waals surface area contributed by atoms with Crippen LogP contribution >= 0.6 is 0 Å². The van der Waals surface area contributed by atoms with Crippen LogP contribution in [0.25, 0.3) is 11.4 Å². The lowest BCUT2D eigenvalue weighted by molar-refractivity contribution is 0.116. The van der Waals surface area contributed by atoms with E-state index in [1.54, 1.807) is 19.5 Å². The molecule has 0 bridgehead atoms. The van der Waals surface area contributed by atoms with E-state index in [1.165, 1.54) is 0 Å². The van der Waals surface area contributed by atoms with Gasteiger partial charge in [0.15, 0.2) is 0 Å². The normalized spacial score (nSPS) is 23.4.